The highest BCUT2D eigenvalue weighted by molar-refractivity contribution is 8.00. The quantitative estimate of drug-likeness (QED) is 0.812. The maximum atomic E-state index is 12.9. The van der Waals surface area contributed by atoms with E-state index in [0.717, 1.165) is 37.7 Å². The lowest BCUT2D eigenvalue weighted by Gasteiger charge is -2.39. The van der Waals surface area contributed by atoms with E-state index in [9.17, 15) is 10.1 Å². The summed E-state index contributed by atoms with van der Waals surface area (Å²) in [5.74, 6) is 0.581. The van der Waals surface area contributed by atoms with Gasteiger partial charge in [0.05, 0.1) is 11.3 Å². The van der Waals surface area contributed by atoms with Crippen LogP contribution in [-0.2, 0) is 4.79 Å². The molecule has 3 rings (SSSR count). The molecule has 0 aliphatic heterocycles. The SMILES string of the molecule is C[C@@H](Sc1n[nH]c(-c2ccncc2)n1)C(=O)N(C)C1(C#N)CCCCC1. The fourth-order valence-electron chi connectivity index (χ4n) is 3.29. The molecule has 1 aliphatic rings. The number of rotatable bonds is 5. The monoisotopic (exact) mass is 370 g/mol. The van der Waals surface area contributed by atoms with Crippen molar-refractivity contribution in [2.45, 2.75) is 55.0 Å². The van der Waals surface area contributed by atoms with Crippen LogP contribution < -0.4 is 0 Å². The summed E-state index contributed by atoms with van der Waals surface area (Å²) in [5, 5.41) is 16.9. The average molecular weight is 370 g/mol. The van der Waals surface area contributed by atoms with Gasteiger partial charge in [-0.1, -0.05) is 31.0 Å². The number of hydrogen-bond acceptors (Lipinski definition) is 6. The molecule has 2 aromatic heterocycles. The van der Waals surface area contributed by atoms with Crippen molar-refractivity contribution in [1.82, 2.24) is 25.1 Å². The first-order chi connectivity index (χ1) is 12.6. The molecule has 1 fully saturated rings. The number of nitrogens with zero attached hydrogens (tertiary/aromatic N) is 5. The number of aromatic amines is 1. The smallest absolute Gasteiger partial charge is 0.236 e. The third kappa shape index (κ3) is 3.73. The molecule has 7 nitrogen and oxygen atoms in total. The largest absolute Gasteiger partial charge is 0.326 e. The summed E-state index contributed by atoms with van der Waals surface area (Å²) < 4.78 is 0. The van der Waals surface area contributed by atoms with Gasteiger partial charge in [0.2, 0.25) is 11.1 Å². The number of amides is 1. The molecule has 26 heavy (non-hydrogen) atoms. The van der Waals surface area contributed by atoms with Gasteiger partial charge in [-0.15, -0.1) is 5.10 Å². The topological polar surface area (TPSA) is 98.6 Å². The number of carbonyl (C=O) groups is 1. The van der Waals surface area contributed by atoms with Crippen LogP contribution in [0.1, 0.15) is 39.0 Å². The van der Waals surface area contributed by atoms with Gasteiger partial charge >= 0.3 is 0 Å². The normalized spacial score (nSPS) is 17.3. The Bertz CT molecular complexity index is 794. The molecule has 1 saturated carbocycles. The summed E-state index contributed by atoms with van der Waals surface area (Å²) in [4.78, 5) is 22.9. The van der Waals surface area contributed by atoms with Gasteiger partial charge in [-0.2, -0.15) is 5.26 Å². The molecule has 2 heterocycles. The fraction of sp³-hybridized carbons (Fsp3) is 0.500. The first-order valence-corrected chi connectivity index (χ1v) is 9.62. The van der Waals surface area contributed by atoms with Crippen molar-refractivity contribution in [3.8, 4) is 17.5 Å². The zero-order valence-electron chi connectivity index (χ0n) is 15.0. The lowest BCUT2D eigenvalue weighted by Crippen LogP contribution is -2.52. The molecule has 2 aromatic rings. The van der Waals surface area contributed by atoms with E-state index >= 15 is 0 Å². The molecule has 1 amide bonds. The van der Waals surface area contributed by atoms with Gasteiger partial charge in [-0.3, -0.25) is 14.9 Å². The summed E-state index contributed by atoms with van der Waals surface area (Å²) in [7, 11) is 1.74. The zero-order chi connectivity index (χ0) is 18.6. The molecule has 0 unspecified atom stereocenters. The van der Waals surface area contributed by atoms with Crippen LogP contribution >= 0.6 is 11.8 Å². The number of H-pyrrole nitrogens is 1. The summed E-state index contributed by atoms with van der Waals surface area (Å²) in [6.45, 7) is 1.83. The van der Waals surface area contributed by atoms with E-state index in [4.69, 9.17) is 0 Å². The van der Waals surface area contributed by atoms with E-state index in [1.807, 2.05) is 19.1 Å². The van der Waals surface area contributed by atoms with Crippen LogP contribution in [0.3, 0.4) is 0 Å². The molecule has 1 aliphatic carbocycles. The first-order valence-electron chi connectivity index (χ1n) is 8.74. The van der Waals surface area contributed by atoms with Crippen LogP contribution in [0.15, 0.2) is 29.7 Å². The Kier molecular flexibility index (Phi) is 5.57. The number of carbonyl (C=O) groups excluding carboxylic acids is 1. The average Bonchev–Trinajstić information content (AvgIpc) is 3.16. The molecule has 0 spiro atoms. The number of nitriles is 1. The van der Waals surface area contributed by atoms with Crippen LogP contribution in [0.4, 0.5) is 0 Å². The van der Waals surface area contributed by atoms with Crippen molar-refractivity contribution in [2.75, 3.05) is 7.05 Å². The Morgan fingerprint density at radius 3 is 2.69 bits per heavy atom. The number of aromatic nitrogens is 4. The Balaban J connectivity index is 1.68. The third-order valence-corrected chi connectivity index (χ3v) is 5.86. The zero-order valence-corrected chi connectivity index (χ0v) is 15.8. The first kappa shape index (κ1) is 18.4. The lowest BCUT2D eigenvalue weighted by molar-refractivity contribution is -0.133. The molecular weight excluding hydrogens is 348 g/mol. The van der Waals surface area contributed by atoms with E-state index in [0.29, 0.717) is 11.0 Å². The van der Waals surface area contributed by atoms with E-state index in [-0.39, 0.29) is 11.2 Å². The van der Waals surface area contributed by atoms with Crippen molar-refractivity contribution in [2.24, 2.45) is 0 Å². The minimum atomic E-state index is -0.675. The second-order valence-corrected chi connectivity index (χ2v) is 7.87. The molecule has 1 N–H and O–H groups in total. The van der Waals surface area contributed by atoms with Gasteiger partial charge in [-0.05, 0) is 31.9 Å². The maximum absolute atomic E-state index is 12.9. The fourth-order valence-corrected chi connectivity index (χ4v) is 4.11. The van der Waals surface area contributed by atoms with Gasteiger partial charge < -0.3 is 4.90 Å². The van der Waals surface area contributed by atoms with Crippen LogP contribution in [0.5, 0.6) is 0 Å². The Hall–Kier alpha value is -2.40. The Morgan fingerprint density at radius 1 is 1.35 bits per heavy atom. The number of thioether (sulfide) groups is 1. The van der Waals surface area contributed by atoms with E-state index in [1.54, 1.807) is 24.3 Å². The summed E-state index contributed by atoms with van der Waals surface area (Å²) in [6.07, 6.45) is 7.98. The van der Waals surface area contributed by atoms with Gasteiger partial charge in [0, 0.05) is 25.0 Å². The minimum absolute atomic E-state index is 0.0614. The van der Waals surface area contributed by atoms with Crippen molar-refractivity contribution >= 4 is 17.7 Å². The molecule has 1 atom stereocenters. The molecule has 0 aromatic carbocycles. The number of pyridine rings is 1. The van der Waals surface area contributed by atoms with Crippen molar-refractivity contribution in [3.63, 3.8) is 0 Å². The Labute approximate surface area is 157 Å². The van der Waals surface area contributed by atoms with Crippen LogP contribution in [-0.4, -0.2) is 48.8 Å². The van der Waals surface area contributed by atoms with Crippen LogP contribution in [0.25, 0.3) is 11.4 Å². The number of nitrogens with one attached hydrogen (secondary N) is 1. The highest BCUT2D eigenvalue weighted by Gasteiger charge is 2.40. The standard InChI is InChI=1S/C18H22N6OS/c1-13(16(25)24(2)18(12-19)8-4-3-5-9-18)26-17-21-15(22-23-17)14-6-10-20-11-7-14/h6-7,10-11,13H,3-5,8-9H2,1-2H3,(H,21,22,23)/t13-/m1/s1. The van der Waals surface area contributed by atoms with E-state index in [2.05, 4.69) is 26.2 Å². The molecule has 136 valence electrons. The minimum Gasteiger partial charge on any atom is -0.326 e. The molecule has 0 bridgehead atoms. The lowest BCUT2D eigenvalue weighted by atomic mass is 9.81. The number of hydrogen-bond donors (Lipinski definition) is 1. The van der Waals surface area contributed by atoms with Crippen molar-refractivity contribution in [3.05, 3.63) is 24.5 Å². The second kappa shape index (κ2) is 7.87. The van der Waals surface area contributed by atoms with E-state index < -0.39 is 5.54 Å². The predicted molar refractivity (Wildman–Crippen MR) is 99.1 cm³/mol. The molecule has 0 saturated heterocycles. The molecule has 0 radical (unpaired) electrons. The van der Waals surface area contributed by atoms with Gasteiger partial charge in [-0.25, -0.2) is 4.98 Å². The summed E-state index contributed by atoms with van der Waals surface area (Å²) in [6, 6.07) is 6.08. The van der Waals surface area contributed by atoms with Crippen LogP contribution in [0, 0.1) is 11.3 Å². The van der Waals surface area contributed by atoms with Crippen molar-refractivity contribution in [1.29, 1.82) is 5.26 Å². The maximum Gasteiger partial charge on any atom is 0.236 e. The second-order valence-electron chi connectivity index (χ2n) is 6.56. The van der Waals surface area contributed by atoms with Gasteiger partial charge in [0.25, 0.3) is 0 Å². The van der Waals surface area contributed by atoms with E-state index in [1.165, 1.54) is 11.8 Å². The van der Waals surface area contributed by atoms with Gasteiger partial charge in [0.15, 0.2) is 5.82 Å². The Morgan fingerprint density at radius 2 is 2.04 bits per heavy atom. The highest BCUT2D eigenvalue weighted by Crippen LogP contribution is 2.34. The molecular formula is C18H22N6OS. The highest BCUT2D eigenvalue weighted by atomic mass is 32.2. The predicted octanol–water partition coefficient (Wildman–Crippen LogP) is 3.03. The summed E-state index contributed by atoms with van der Waals surface area (Å²) in [5.41, 5.74) is 0.215. The van der Waals surface area contributed by atoms with Crippen molar-refractivity contribution < 1.29 is 4.79 Å². The molecule has 8 heteroatoms. The van der Waals surface area contributed by atoms with Crippen LogP contribution in [0.2, 0.25) is 0 Å². The third-order valence-electron chi connectivity index (χ3n) is 4.91. The van der Waals surface area contributed by atoms with Gasteiger partial charge in [0.1, 0.15) is 5.54 Å². The summed E-state index contributed by atoms with van der Waals surface area (Å²) >= 11 is 1.30.